The van der Waals surface area contributed by atoms with E-state index < -0.39 is 0 Å². The molecule has 3 rings (SSSR count). The average Bonchev–Trinajstić information content (AvgIpc) is 2.71. The minimum absolute atomic E-state index is 0.0235. The minimum atomic E-state index is -0.0235. The molecular weight excluding hydrogens is 354 g/mol. The highest BCUT2D eigenvalue weighted by molar-refractivity contribution is 5.78. The van der Waals surface area contributed by atoms with E-state index in [4.69, 9.17) is 5.73 Å². The Bertz CT molecular complexity index is 811. The van der Waals surface area contributed by atoms with E-state index in [-0.39, 0.29) is 23.7 Å². The number of nitrogens with two attached hydrogens (primary N) is 1. The van der Waals surface area contributed by atoms with E-state index in [1.165, 1.54) is 0 Å². The Morgan fingerprint density at radius 1 is 1.25 bits per heavy atom. The number of nitrogen functional groups attached to an aromatic ring is 1. The van der Waals surface area contributed by atoms with Crippen molar-refractivity contribution in [3.8, 4) is 0 Å². The van der Waals surface area contributed by atoms with Gasteiger partial charge < -0.3 is 15.5 Å². The van der Waals surface area contributed by atoms with Crippen LogP contribution in [0.5, 0.6) is 0 Å². The summed E-state index contributed by atoms with van der Waals surface area (Å²) >= 11 is 0. The Kier molecular flexibility index (Phi) is 6.57. The molecule has 2 N–H and O–H groups in total. The first-order valence-electron chi connectivity index (χ1n) is 9.68. The number of amides is 2. The van der Waals surface area contributed by atoms with Gasteiger partial charge >= 0.3 is 0 Å². The summed E-state index contributed by atoms with van der Waals surface area (Å²) in [7, 11) is 0. The van der Waals surface area contributed by atoms with Crippen LogP contribution >= 0.6 is 0 Å². The molecular formula is C21H27N5O2. The van der Waals surface area contributed by atoms with Crippen LogP contribution in [0.1, 0.15) is 43.4 Å². The molecule has 2 amide bonds. The number of rotatable bonds is 6. The van der Waals surface area contributed by atoms with Crippen molar-refractivity contribution in [2.75, 3.05) is 25.4 Å². The Hall–Kier alpha value is -2.96. The maximum absolute atomic E-state index is 12.8. The third-order valence-electron chi connectivity index (χ3n) is 5.15. The summed E-state index contributed by atoms with van der Waals surface area (Å²) in [6, 6.07) is 11.7. The highest BCUT2D eigenvalue weighted by Crippen LogP contribution is 2.26. The van der Waals surface area contributed by atoms with Crippen molar-refractivity contribution in [1.82, 2.24) is 19.8 Å². The molecule has 1 aliphatic rings. The number of likely N-dealkylation sites (tertiary alicyclic amines) is 1. The van der Waals surface area contributed by atoms with Gasteiger partial charge in [-0.05, 0) is 24.5 Å². The SMILES string of the molecule is CC(=O)N(CCC(=O)N1CCC[C@H](c2ccnc(N)n2)C1)Cc1ccccc1. The Morgan fingerprint density at radius 2 is 2.04 bits per heavy atom. The van der Waals surface area contributed by atoms with Crippen LogP contribution in [-0.2, 0) is 16.1 Å². The van der Waals surface area contributed by atoms with Crippen molar-refractivity contribution in [1.29, 1.82) is 0 Å². The second-order valence-electron chi connectivity index (χ2n) is 7.19. The molecule has 0 radical (unpaired) electrons. The van der Waals surface area contributed by atoms with E-state index in [1.54, 1.807) is 18.0 Å². The van der Waals surface area contributed by atoms with Crippen LogP contribution in [0.4, 0.5) is 5.95 Å². The molecule has 0 aliphatic carbocycles. The quantitative estimate of drug-likeness (QED) is 0.828. The van der Waals surface area contributed by atoms with Gasteiger partial charge in [0.15, 0.2) is 0 Å². The van der Waals surface area contributed by atoms with Crippen LogP contribution in [0.25, 0.3) is 0 Å². The van der Waals surface area contributed by atoms with E-state index in [2.05, 4.69) is 9.97 Å². The lowest BCUT2D eigenvalue weighted by Gasteiger charge is -2.33. The highest BCUT2D eigenvalue weighted by atomic mass is 16.2. The number of nitrogens with zero attached hydrogens (tertiary/aromatic N) is 4. The molecule has 1 aliphatic heterocycles. The normalized spacial score (nSPS) is 16.6. The molecule has 1 aromatic heterocycles. The van der Waals surface area contributed by atoms with Crippen LogP contribution < -0.4 is 5.73 Å². The van der Waals surface area contributed by atoms with Gasteiger partial charge in [-0.1, -0.05) is 30.3 Å². The number of carbonyl (C=O) groups excluding carboxylic acids is 2. The summed E-state index contributed by atoms with van der Waals surface area (Å²) in [5.74, 6) is 0.492. The standard InChI is InChI=1S/C21H27N5O2/c1-16(27)25(14-17-6-3-2-4-7-17)13-10-20(28)26-12-5-8-18(15-26)19-9-11-23-21(22)24-19/h2-4,6-7,9,11,18H,5,8,10,12-15H2,1H3,(H2,22,23,24)/t18-/m0/s1. The number of anilines is 1. The number of hydrogen-bond acceptors (Lipinski definition) is 5. The predicted octanol–water partition coefficient (Wildman–Crippen LogP) is 2.20. The number of benzene rings is 1. The van der Waals surface area contributed by atoms with Gasteiger partial charge in [0.25, 0.3) is 0 Å². The second-order valence-corrected chi connectivity index (χ2v) is 7.19. The number of hydrogen-bond donors (Lipinski definition) is 1. The molecule has 0 bridgehead atoms. The third kappa shape index (κ3) is 5.28. The first kappa shape index (κ1) is 19.8. The van der Waals surface area contributed by atoms with Gasteiger partial charge in [0.2, 0.25) is 17.8 Å². The molecule has 2 heterocycles. The van der Waals surface area contributed by atoms with Crippen molar-refractivity contribution in [3.05, 3.63) is 53.9 Å². The minimum Gasteiger partial charge on any atom is -0.368 e. The van der Waals surface area contributed by atoms with Crippen molar-refractivity contribution in [2.24, 2.45) is 0 Å². The van der Waals surface area contributed by atoms with Gasteiger partial charge in [-0.2, -0.15) is 0 Å². The second kappa shape index (κ2) is 9.30. The lowest BCUT2D eigenvalue weighted by atomic mass is 9.94. The highest BCUT2D eigenvalue weighted by Gasteiger charge is 2.26. The van der Waals surface area contributed by atoms with Gasteiger partial charge in [0.05, 0.1) is 5.69 Å². The van der Waals surface area contributed by atoms with Gasteiger partial charge in [-0.15, -0.1) is 0 Å². The van der Waals surface area contributed by atoms with Crippen LogP contribution in [0.15, 0.2) is 42.6 Å². The van der Waals surface area contributed by atoms with Crippen LogP contribution in [0, 0.1) is 0 Å². The largest absolute Gasteiger partial charge is 0.368 e. The Labute approximate surface area is 165 Å². The Balaban J connectivity index is 1.56. The van der Waals surface area contributed by atoms with E-state index >= 15 is 0 Å². The summed E-state index contributed by atoms with van der Waals surface area (Å²) in [5, 5.41) is 0. The molecule has 7 nitrogen and oxygen atoms in total. The molecule has 7 heteroatoms. The first-order chi connectivity index (χ1) is 13.5. The summed E-state index contributed by atoms with van der Waals surface area (Å²) in [5.41, 5.74) is 7.64. The zero-order valence-electron chi connectivity index (χ0n) is 16.3. The molecule has 1 atom stereocenters. The van der Waals surface area contributed by atoms with Crippen molar-refractivity contribution < 1.29 is 9.59 Å². The molecule has 1 aromatic carbocycles. The smallest absolute Gasteiger partial charge is 0.224 e. The summed E-state index contributed by atoms with van der Waals surface area (Å²) in [6.07, 6.45) is 3.90. The van der Waals surface area contributed by atoms with E-state index in [0.717, 1.165) is 30.6 Å². The summed E-state index contributed by atoms with van der Waals surface area (Å²) < 4.78 is 0. The van der Waals surface area contributed by atoms with Gasteiger partial charge in [-0.25, -0.2) is 9.97 Å². The molecule has 0 saturated carbocycles. The van der Waals surface area contributed by atoms with Crippen molar-refractivity contribution >= 4 is 17.8 Å². The monoisotopic (exact) mass is 381 g/mol. The molecule has 0 unspecified atom stereocenters. The lowest BCUT2D eigenvalue weighted by Crippen LogP contribution is -2.41. The average molecular weight is 381 g/mol. The zero-order chi connectivity index (χ0) is 19.9. The Morgan fingerprint density at radius 3 is 2.75 bits per heavy atom. The third-order valence-corrected chi connectivity index (χ3v) is 5.15. The van der Waals surface area contributed by atoms with E-state index in [9.17, 15) is 9.59 Å². The molecule has 2 aromatic rings. The van der Waals surface area contributed by atoms with E-state index in [1.807, 2.05) is 41.3 Å². The summed E-state index contributed by atoms with van der Waals surface area (Å²) in [4.78, 5) is 36.6. The fourth-order valence-corrected chi connectivity index (χ4v) is 3.60. The maximum atomic E-state index is 12.8. The number of piperidine rings is 1. The fraction of sp³-hybridized carbons (Fsp3) is 0.429. The van der Waals surface area contributed by atoms with Crippen molar-refractivity contribution in [3.63, 3.8) is 0 Å². The number of aromatic nitrogens is 2. The zero-order valence-corrected chi connectivity index (χ0v) is 16.3. The topological polar surface area (TPSA) is 92.4 Å². The molecule has 1 fully saturated rings. The molecule has 1 saturated heterocycles. The maximum Gasteiger partial charge on any atom is 0.224 e. The van der Waals surface area contributed by atoms with Crippen molar-refractivity contribution in [2.45, 2.75) is 38.6 Å². The predicted molar refractivity (Wildman–Crippen MR) is 107 cm³/mol. The van der Waals surface area contributed by atoms with Gasteiger partial charge in [0.1, 0.15) is 0 Å². The van der Waals surface area contributed by atoms with Crippen LogP contribution in [0.3, 0.4) is 0 Å². The molecule has 0 spiro atoms. The lowest BCUT2D eigenvalue weighted by molar-refractivity contribution is -0.134. The summed E-state index contributed by atoms with van der Waals surface area (Å²) in [6.45, 7) is 3.86. The fourth-order valence-electron chi connectivity index (χ4n) is 3.60. The van der Waals surface area contributed by atoms with Crippen LogP contribution in [0.2, 0.25) is 0 Å². The first-order valence-corrected chi connectivity index (χ1v) is 9.68. The van der Waals surface area contributed by atoms with Crippen LogP contribution in [-0.4, -0.2) is 51.2 Å². The number of carbonyl (C=O) groups is 2. The van der Waals surface area contributed by atoms with Gasteiger partial charge in [0, 0.05) is 51.6 Å². The molecule has 28 heavy (non-hydrogen) atoms. The van der Waals surface area contributed by atoms with Gasteiger partial charge in [-0.3, -0.25) is 9.59 Å². The van der Waals surface area contributed by atoms with E-state index in [0.29, 0.717) is 26.1 Å². The molecule has 148 valence electrons.